The molecule has 2 N–H and O–H groups in total. The van der Waals surface area contributed by atoms with Gasteiger partial charge in [0.2, 0.25) is 0 Å². The highest BCUT2D eigenvalue weighted by Gasteiger charge is 2.08. The molecule has 0 aromatic carbocycles. The second-order valence-electron chi connectivity index (χ2n) is 3.50. The van der Waals surface area contributed by atoms with Crippen molar-refractivity contribution < 1.29 is 19.7 Å². The molecule has 84 valence electrons. The summed E-state index contributed by atoms with van der Waals surface area (Å²) in [4.78, 5) is 10.9. The Morgan fingerprint density at radius 1 is 1.36 bits per heavy atom. The van der Waals surface area contributed by atoms with Gasteiger partial charge in [0, 0.05) is 6.42 Å². The number of rotatable bonds is 7. The average molecular weight is 204 g/mol. The zero-order chi connectivity index (χ0) is 11.0. The van der Waals surface area contributed by atoms with E-state index in [2.05, 4.69) is 0 Å². The Bertz CT molecular complexity index is 156. The topological polar surface area (TPSA) is 66.8 Å². The Morgan fingerprint density at radius 3 is 2.50 bits per heavy atom. The zero-order valence-electron chi connectivity index (χ0n) is 8.90. The van der Waals surface area contributed by atoms with Crippen LogP contribution in [0.3, 0.4) is 0 Å². The summed E-state index contributed by atoms with van der Waals surface area (Å²) in [5.41, 5.74) is 0. The maximum Gasteiger partial charge on any atom is 0.308 e. The maximum atomic E-state index is 10.9. The second-order valence-corrected chi connectivity index (χ2v) is 3.50. The summed E-state index contributed by atoms with van der Waals surface area (Å²) in [6.07, 6.45) is 1.09. The van der Waals surface area contributed by atoms with Crippen LogP contribution in [0.15, 0.2) is 0 Å². The molecule has 0 bridgehead atoms. The van der Waals surface area contributed by atoms with E-state index in [4.69, 9.17) is 9.84 Å². The minimum Gasteiger partial charge on any atom is -0.466 e. The number of aliphatic hydroxyl groups excluding tert-OH is 2. The fraction of sp³-hybridized carbons (Fsp3) is 0.900. The SMILES string of the molecule is CCCC(O)CCOC(=O)CC(C)O. The van der Waals surface area contributed by atoms with Crippen molar-refractivity contribution in [1.29, 1.82) is 0 Å². The standard InChI is InChI=1S/C10H20O4/c1-3-4-9(12)5-6-14-10(13)7-8(2)11/h8-9,11-12H,3-7H2,1-2H3. The molecule has 2 unspecified atom stereocenters. The first-order valence-electron chi connectivity index (χ1n) is 5.08. The van der Waals surface area contributed by atoms with E-state index in [1.165, 1.54) is 6.92 Å². The van der Waals surface area contributed by atoms with Crippen LogP contribution in [-0.4, -0.2) is 35.0 Å². The number of hydrogen-bond donors (Lipinski definition) is 2. The molecule has 0 rings (SSSR count). The molecule has 2 atom stereocenters. The minimum absolute atomic E-state index is 0.0177. The molecule has 0 radical (unpaired) electrons. The van der Waals surface area contributed by atoms with Gasteiger partial charge in [-0.3, -0.25) is 4.79 Å². The number of carbonyl (C=O) groups is 1. The maximum absolute atomic E-state index is 10.9. The van der Waals surface area contributed by atoms with E-state index in [1.807, 2.05) is 6.92 Å². The van der Waals surface area contributed by atoms with E-state index < -0.39 is 12.1 Å². The summed E-state index contributed by atoms with van der Waals surface area (Å²) in [5.74, 6) is -0.413. The van der Waals surface area contributed by atoms with Gasteiger partial charge < -0.3 is 14.9 Å². The molecule has 0 saturated heterocycles. The Hall–Kier alpha value is -0.610. The van der Waals surface area contributed by atoms with Gasteiger partial charge in [-0.25, -0.2) is 0 Å². The van der Waals surface area contributed by atoms with E-state index in [1.54, 1.807) is 0 Å². The summed E-state index contributed by atoms with van der Waals surface area (Å²) in [6.45, 7) is 3.75. The van der Waals surface area contributed by atoms with E-state index in [9.17, 15) is 9.90 Å². The monoisotopic (exact) mass is 204 g/mol. The van der Waals surface area contributed by atoms with Gasteiger partial charge in [0.05, 0.1) is 25.2 Å². The number of carbonyl (C=O) groups excluding carboxylic acids is 1. The Labute approximate surface area is 84.9 Å². The van der Waals surface area contributed by atoms with Crippen LogP contribution in [0, 0.1) is 0 Å². The van der Waals surface area contributed by atoms with Gasteiger partial charge in [0.15, 0.2) is 0 Å². The highest BCUT2D eigenvalue weighted by molar-refractivity contribution is 5.69. The van der Waals surface area contributed by atoms with Gasteiger partial charge in [0.1, 0.15) is 0 Å². The number of aliphatic hydroxyl groups is 2. The van der Waals surface area contributed by atoms with Gasteiger partial charge in [-0.15, -0.1) is 0 Å². The van der Waals surface area contributed by atoms with Crippen molar-refractivity contribution in [1.82, 2.24) is 0 Å². The Morgan fingerprint density at radius 2 is 2.00 bits per heavy atom. The van der Waals surface area contributed by atoms with Crippen LogP contribution in [-0.2, 0) is 9.53 Å². The first-order chi connectivity index (χ1) is 6.56. The summed E-state index contributed by atoms with van der Waals surface area (Å²) < 4.78 is 4.81. The molecule has 4 heteroatoms. The predicted molar refractivity (Wildman–Crippen MR) is 52.8 cm³/mol. The smallest absolute Gasteiger partial charge is 0.308 e. The van der Waals surface area contributed by atoms with Crippen LogP contribution in [0.1, 0.15) is 39.5 Å². The predicted octanol–water partition coefficient (Wildman–Crippen LogP) is 0.852. The Balaban J connectivity index is 3.39. The van der Waals surface area contributed by atoms with Crippen molar-refractivity contribution in [2.24, 2.45) is 0 Å². The highest BCUT2D eigenvalue weighted by Crippen LogP contribution is 2.02. The minimum atomic E-state index is -0.664. The van der Waals surface area contributed by atoms with Gasteiger partial charge in [-0.2, -0.15) is 0 Å². The first-order valence-corrected chi connectivity index (χ1v) is 5.08. The Kier molecular flexibility index (Phi) is 7.42. The van der Waals surface area contributed by atoms with Crippen LogP contribution in [0.4, 0.5) is 0 Å². The molecule has 4 nitrogen and oxygen atoms in total. The molecule has 14 heavy (non-hydrogen) atoms. The molecule has 0 amide bonds. The third kappa shape index (κ3) is 8.01. The lowest BCUT2D eigenvalue weighted by Gasteiger charge is -2.10. The normalized spacial score (nSPS) is 14.9. The van der Waals surface area contributed by atoms with Crippen molar-refractivity contribution >= 4 is 5.97 Å². The van der Waals surface area contributed by atoms with E-state index in [0.717, 1.165) is 12.8 Å². The molecule has 0 fully saturated rings. The summed E-state index contributed by atoms with van der Waals surface area (Å²) >= 11 is 0. The number of ether oxygens (including phenoxy) is 1. The molecule has 0 aromatic rings. The summed E-state index contributed by atoms with van der Waals surface area (Å²) in [5, 5.41) is 18.2. The third-order valence-corrected chi connectivity index (χ3v) is 1.80. The van der Waals surface area contributed by atoms with E-state index >= 15 is 0 Å². The van der Waals surface area contributed by atoms with Crippen molar-refractivity contribution in [3.05, 3.63) is 0 Å². The molecule has 0 aliphatic heterocycles. The lowest BCUT2D eigenvalue weighted by Crippen LogP contribution is -2.16. The first kappa shape index (κ1) is 13.4. The van der Waals surface area contributed by atoms with E-state index in [0.29, 0.717) is 6.42 Å². The molecule has 0 aliphatic carbocycles. The quantitative estimate of drug-likeness (QED) is 0.603. The molecular weight excluding hydrogens is 184 g/mol. The summed E-state index contributed by atoms with van der Waals surface area (Å²) in [6, 6.07) is 0. The lowest BCUT2D eigenvalue weighted by atomic mass is 10.1. The largest absolute Gasteiger partial charge is 0.466 e. The molecule has 0 spiro atoms. The van der Waals surface area contributed by atoms with Crippen LogP contribution < -0.4 is 0 Å². The zero-order valence-corrected chi connectivity index (χ0v) is 8.90. The van der Waals surface area contributed by atoms with Crippen molar-refractivity contribution in [2.45, 2.75) is 51.7 Å². The van der Waals surface area contributed by atoms with Crippen LogP contribution >= 0.6 is 0 Å². The average Bonchev–Trinajstić information content (AvgIpc) is 2.02. The van der Waals surface area contributed by atoms with Gasteiger partial charge >= 0.3 is 5.97 Å². The van der Waals surface area contributed by atoms with Gasteiger partial charge in [0.25, 0.3) is 0 Å². The van der Waals surface area contributed by atoms with Gasteiger partial charge in [-0.1, -0.05) is 13.3 Å². The summed E-state index contributed by atoms with van der Waals surface area (Å²) in [7, 11) is 0. The van der Waals surface area contributed by atoms with Crippen molar-refractivity contribution in [2.75, 3.05) is 6.61 Å². The third-order valence-electron chi connectivity index (χ3n) is 1.80. The fourth-order valence-corrected chi connectivity index (χ4v) is 1.09. The van der Waals surface area contributed by atoms with E-state index in [-0.39, 0.29) is 19.1 Å². The molecule has 0 saturated carbocycles. The molecule has 0 aromatic heterocycles. The number of hydrogen-bond acceptors (Lipinski definition) is 4. The second kappa shape index (κ2) is 7.76. The van der Waals surface area contributed by atoms with Gasteiger partial charge in [-0.05, 0) is 13.3 Å². The molecule has 0 aliphatic rings. The van der Waals surface area contributed by atoms with Crippen molar-refractivity contribution in [3.8, 4) is 0 Å². The molecular formula is C10H20O4. The van der Waals surface area contributed by atoms with Crippen LogP contribution in [0.25, 0.3) is 0 Å². The fourth-order valence-electron chi connectivity index (χ4n) is 1.09. The van der Waals surface area contributed by atoms with Crippen LogP contribution in [0.2, 0.25) is 0 Å². The van der Waals surface area contributed by atoms with Crippen LogP contribution in [0.5, 0.6) is 0 Å². The number of esters is 1. The highest BCUT2D eigenvalue weighted by atomic mass is 16.5. The lowest BCUT2D eigenvalue weighted by molar-refractivity contribution is -0.146. The van der Waals surface area contributed by atoms with Crippen molar-refractivity contribution in [3.63, 3.8) is 0 Å². The molecule has 0 heterocycles.